The van der Waals surface area contributed by atoms with Gasteiger partial charge in [-0.05, 0) is 44.5 Å². The minimum atomic E-state index is -4.82. The molecule has 1 aromatic rings. The molecule has 20 heavy (non-hydrogen) atoms. The summed E-state index contributed by atoms with van der Waals surface area (Å²) in [4.78, 5) is -0.602. The van der Waals surface area contributed by atoms with Gasteiger partial charge in [0.05, 0.1) is 9.79 Å². The summed E-state index contributed by atoms with van der Waals surface area (Å²) in [6.07, 6.45) is 0.661. The van der Waals surface area contributed by atoms with E-state index in [2.05, 4.69) is 0 Å². The quantitative estimate of drug-likeness (QED) is 0.752. The number of hydrogen-bond donors (Lipinski definition) is 0. The van der Waals surface area contributed by atoms with Gasteiger partial charge in [-0.1, -0.05) is 6.92 Å². The van der Waals surface area contributed by atoms with Crippen LogP contribution in [0.3, 0.4) is 0 Å². The zero-order chi connectivity index (χ0) is 15.6. The molecule has 5 nitrogen and oxygen atoms in total. The van der Waals surface area contributed by atoms with Gasteiger partial charge in [-0.25, -0.2) is 8.42 Å². The number of benzene rings is 1. The van der Waals surface area contributed by atoms with Gasteiger partial charge < -0.3 is 0 Å². The van der Waals surface area contributed by atoms with Crippen LogP contribution in [0.15, 0.2) is 34.1 Å². The van der Waals surface area contributed by atoms with Gasteiger partial charge in [0, 0.05) is 12.6 Å². The smallest absolute Gasteiger partial charge is 0.207 e. The van der Waals surface area contributed by atoms with E-state index in [1.165, 1.54) is 4.31 Å². The molecule has 0 bridgehead atoms. The largest absolute Gasteiger partial charge is 0.332 e. The Hall–Kier alpha value is -0.990. The average molecular weight is 323 g/mol. The second-order valence-electron chi connectivity index (χ2n) is 4.62. The SMILES string of the molecule is CCCN(C(C)C)S(=O)(=O)c1ccc(S(=O)(=O)F)cc1. The molecule has 0 heterocycles. The highest BCUT2D eigenvalue weighted by molar-refractivity contribution is 7.89. The molecule has 0 saturated carbocycles. The third-order valence-corrected chi connectivity index (χ3v) is 5.66. The Morgan fingerprint density at radius 2 is 1.50 bits per heavy atom. The minimum Gasteiger partial charge on any atom is -0.207 e. The Morgan fingerprint density at radius 3 is 1.85 bits per heavy atom. The second-order valence-corrected chi connectivity index (χ2v) is 7.86. The van der Waals surface area contributed by atoms with Crippen LogP contribution >= 0.6 is 0 Å². The van der Waals surface area contributed by atoms with Crippen molar-refractivity contribution >= 4 is 20.2 Å². The summed E-state index contributed by atoms with van der Waals surface area (Å²) in [7, 11) is -8.53. The van der Waals surface area contributed by atoms with Gasteiger partial charge in [-0.15, -0.1) is 3.89 Å². The van der Waals surface area contributed by atoms with E-state index in [4.69, 9.17) is 0 Å². The fourth-order valence-corrected chi connectivity index (χ4v) is 3.98. The maximum Gasteiger partial charge on any atom is 0.332 e. The number of hydrogen-bond acceptors (Lipinski definition) is 4. The van der Waals surface area contributed by atoms with Crippen LogP contribution < -0.4 is 0 Å². The molecule has 0 aliphatic carbocycles. The summed E-state index contributed by atoms with van der Waals surface area (Å²) in [5.41, 5.74) is 0. The molecule has 1 rings (SSSR count). The average Bonchev–Trinajstić information content (AvgIpc) is 2.34. The van der Waals surface area contributed by atoms with Crippen molar-refractivity contribution in [3.8, 4) is 0 Å². The molecule has 0 aliphatic rings. The van der Waals surface area contributed by atoms with E-state index in [1.807, 2.05) is 6.92 Å². The molecule has 0 aromatic heterocycles. The van der Waals surface area contributed by atoms with E-state index in [1.54, 1.807) is 13.8 Å². The Labute approximate surface area is 119 Å². The molecular weight excluding hydrogens is 305 g/mol. The standard InChI is InChI=1S/C12H18FNO4S2/c1-4-9-14(10(2)3)20(17,18)12-7-5-11(6-8-12)19(13,15)16/h5-8,10H,4,9H2,1-3H3. The molecule has 0 N–H and O–H groups in total. The van der Waals surface area contributed by atoms with Crippen molar-refractivity contribution in [2.24, 2.45) is 0 Å². The third-order valence-electron chi connectivity index (χ3n) is 2.73. The van der Waals surface area contributed by atoms with Gasteiger partial charge in [0.25, 0.3) is 0 Å². The molecular formula is C12H18FNO4S2. The van der Waals surface area contributed by atoms with Gasteiger partial charge in [0.1, 0.15) is 0 Å². The van der Waals surface area contributed by atoms with Gasteiger partial charge in [-0.3, -0.25) is 0 Å². The highest BCUT2D eigenvalue weighted by Gasteiger charge is 2.26. The molecule has 0 atom stereocenters. The molecule has 0 spiro atoms. The Balaban J connectivity index is 3.22. The van der Waals surface area contributed by atoms with Crippen LogP contribution in [0.5, 0.6) is 0 Å². The van der Waals surface area contributed by atoms with E-state index in [0.29, 0.717) is 13.0 Å². The topological polar surface area (TPSA) is 71.5 Å². The first-order valence-corrected chi connectivity index (χ1v) is 8.99. The molecule has 0 radical (unpaired) electrons. The fourth-order valence-electron chi connectivity index (χ4n) is 1.79. The first-order valence-electron chi connectivity index (χ1n) is 6.17. The zero-order valence-electron chi connectivity index (χ0n) is 11.6. The summed E-state index contributed by atoms with van der Waals surface area (Å²) in [6.45, 7) is 5.74. The Bertz CT molecular complexity index is 651. The monoisotopic (exact) mass is 323 g/mol. The number of nitrogens with zero attached hydrogens (tertiary/aromatic N) is 1. The van der Waals surface area contributed by atoms with Crippen molar-refractivity contribution in [3.63, 3.8) is 0 Å². The molecule has 114 valence electrons. The molecule has 0 amide bonds. The van der Waals surface area contributed by atoms with Gasteiger partial charge in [0.15, 0.2) is 0 Å². The molecule has 8 heteroatoms. The normalized spacial score (nSPS) is 13.1. The van der Waals surface area contributed by atoms with Crippen molar-refractivity contribution in [3.05, 3.63) is 24.3 Å². The van der Waals surface area contributed by atoms with Crippen LogP contribution in [0.25, 0.3) is 0 Å². The molecule has 0 saturated heterocycles. The lowest BCUT2D eigenvalue weighted by Gasteiger charge is -2.25. The van der Waals surface area contributed by atoms with Crippen molar-refractivity contribution in [2.45, 2.75) is 43.0 Å². The van der Waals surface area contributed by atoms with E-state index < -0.39 is 25.1 Å². The Morgan fingerprint density at radius 1 is 1.05 bits per heavy atom. The first-order chi connectivity index (χ1) is 9.10. The second kappa shape index (κ2) is 6.19. The first kappa shape index (κ1) is 17.1. The number of halogens is 1. The van der Waals surface area contributed by atoms with E-state index in [0.717, 1.165) is 24.3 Å². The summed E-state index contributed by atoms with van der Waals surface area (Å²) < 4.78 is 60.3. The summed E-state index contributed by atoms with van der Waals surface area (Å²) in [5, 5.41) is 0. The van der Waals surface area contributed by atoms with E-state index in [-0.39, 0.29) is 10.9 Å². The van der Waals surface area contributed by atoms with Crippen LogP contribution in [-0.4, -0.2) is 33.7 Å². The molecule has 0 fully saturated rings. The predicted octanol–water partition coefficient (Wildman–Crippen LogP) is 2.15. The van der Waals surface area contributed by atoms with Gasteiger partial charge >= 0.3 is 10.2 Å². The summed E-state index contributed by atoms with van der Waals surface area (Å²) >= 11 is 0. The van der Waals surface area contributed by atoms with Crippen molar-refractivity contribution in [2.75, 3.05) is 6.54 Å². The highest BCUT2D eigenvalue weighted by atomic mass is 32.3. The van der Waals surface area contributed by atoms with E-state index in [9.17, 15) is 20.7 Å². The number of sulfonamides is 1. The lowest BCUT2D eigenvalue weighted by atomic mass is 10.4. The Kier molecular flexibility index (Phi) is 5.28. The summed E-state index contributed by atoms with van der Waals surface area (Å²) in [5.74, 6) is 0. The summed E-state index contributed by atoms with van der Waals surface area (Å²) in [6, 6.07) is 3.89. The minimum absolute atomic E-state index is 0.0490. The predicted molar refractivity (Wildman–Crippen MR) is 74.1 cm³/mol. The maximum atomic E-state index is 12.8. The van der Waals surface area contributed by atoms with Gasteiger partial charge in [0.2, 0.25) is 10.0 Å². The maximum absolute atomic E-state index is 12.8. The van der Waals surface area contributed by atoms with Crippen molar-refractivity contribution in [1.82, 2.24) is 4.31 Å². The molecule has 1 aromatic carbocycles. The van der Waals surface area contributed by atoms with Crippen LogP contribution in [0.1, 0.15) is 27.2 Å². The fraction of sp³-hybridized carbons (Fsp3) is 0.500. The van der Waals surface area contributed by atoms with Crippen LogP contribution in [0, 0.1) is 0 Å². The van der Waals surface area contributed by atoms with Crippen molar-refractivity contribution in [1.29, 1.82) is 0 Å². The van der Waals surface area contributed by atoms with E-state index >= 15 is 0 Å². The lowest BCUT2D eigenvalue weighted by Crippen LogP contribution is -2.37. The number of rotatable bonds is 6. The van der Waals surface area contributed by atoms with Crippen LogP contribution in [0.2, 0.25) is 0 Å². The van der Waals surface area contributed by atoms with Crippen LogP contribution in [-0.2, 0) is 20.2 Å². The van der Waals surface area contributed by atoms with Crippen molar-refractivity contribution < 1.29 is 20.7 Å². The van der Waals surface area contributed by atoms with Crippen LogP contribution in [0.4, 0.5) is 3.89 Å². The molecule has 0 unspecified atom stereocenters. The third kappa shape index (κ3) is 3.77. The lowest BCUT2D eigenvalue weighted by molar-refractivity contribution is 0.354. The van der Waals surface area contributed by atoms with Gasteiger partial charge in [-0.2, -0.15) is 12.7 Å². The molecule has 0 aliphatic heterocycles. The zero-order valence-corrected chi connectivity index (χ0v) is 13.2. The highest BCUT2D eigenvalue weighted by Crippen LogP contribution is 2.21.